The molecule has 3 aromatic rings. The van der Waals surface area contributed by atoms with Crippen LogP contribution in [-0.4, -0.2) is 9.38 Å². The number of benzene rings is 1. The summed E-state index contributed by atoms with van der Waals surface area (Å²) in [6.07, 6.45) is 1.97. The van der Waals surface area contributed by atoms with Gasteiger partial charge in [0.2, 0.25) is 0 Å². The third-order valence-electron chi connectivity index (χ3n) is 3.09. The van der Waals surface area contributed by atoms with Crippen molar-refractivity contribution in [1.29, 1.82) is 0 Å². The van der Waals surface area contributed by atoms with E-state index in [1.165, 1.54) is 0 Å². The average Bonchev–Trinajstić information content (AvgIpc) is 2.85. The summed E-state index contributed by atoms with van der Waals surface area (Å²) in [6, 6.07) is 15.7. The second kappa shape index (κ2) is 5.25. The second-order valence-corrected chi connectivity index (χ2v) is 4.94. The van der Waals surface area contributed by atoms with Gasteiger partial charge in [-0.25, -0.2) is 4.98 Å². The third-order valence-corrected chi connectivity index (χ3v) is 3.09. The quantitative estimate of drug-likeness (QED) is 0.622. The molecule has 0 aliphatic carbocycles. The van der Waals surface area contributed by atoms with Gasteiger partial charge in [-0.2, -0.15) is 0 Å². The van der Waals surface area contributed by atoms with E-state index < -0.39 is 0 Å². The van der Waals surface area contributed by atoms with Gasteiger partial charge >= 0.3 is 0 Å². The Bertz CT molecular complexity index is 742. The second-order valence-electron chi connectivity index (χ2n) is 4.94. The summed E-state index contributed by atoms with van der Waals surface area (Å²) in [4.78, 5) is 4.63. The van der Waals surface area contributed by atoms with Crippen molar-refractivity contribution >= 4 is 17.2 Å². The minimum Gasteiger partial charge on any atom is -0.283 e. The first-order chi connectivity index (χ1) is 9.75. The number of azo groups is 1. The van der Waals surface area contributed by atoms with E-state index in [-0.39, 0.29) is 0 Å². The predicted octanol–water partition coefficient (Wildman–Crippen LogP) is 4.87. The van der Waals surface area contributed by atoms with E-state index in [0.717, 1.165) is 22.8 Å². The van der Waals surface area contributed by atoms with Crippen molar-refractivity contribution in [3.8, 4) is 0 Å². The van der Waals surface area contributed by atoms with Gasteiger partial charge < -0.3 is 0 Å². The van der Waals surface area contributed by atoms with Gasteiger partial charge in [0.15, 0.2) is 5.82 Å². The zero-order valence-electron chi connectivity index (χ0n) is 11.6. The van der Waals surface area contributed by atoms with Gasteiger partial charge in [0.1, 0.15) is 5.65 Å². The molecular weight excluding hydrogens is 248 g/mol. The molecule has 0 amide bonds. The molecule has 0 unspecified atom stereocenters. The first kappa shape index (κ1) is 12.5. The molecule has 0 saturated carbocycles. The number of hydrogen-bond acceptors (Lipinski definition) is 3. The van der Waals surface area contributed by atoms with Gasteiger partial charge in [-0.15, -0.1) is 10.2 Å². The molecule has 0 radical (unpaired) electrons. The number of aromatic nitrogens is 2. The lowest BCUT2D eigenvalue weighted by molar-refractivity contribution is 0.831. The van der Waals surface area contributed by atoms with Crippen LogP contribution in [0.4, 0.5) is 11.5 Å². The number of pyridine rings is 1. The topological polar surface area (TPSA) is 42.0 Å². The number of imidazole rings is 1. The van der Waals surface area contributed by atoms with Crippen LogP contribution in [0, 0.1) is 0 Å². The highest BCUT2D eigenvalue weighted by atomic mass is 15.2. The molecule has 0 saturated heterocycles. The van der Waals surface area contributed by atoms with Crippen molar-refractivity contribution in [3.05, 3.63) is 60.4 Å². The molecule has 0 spiro atoms. The predicted molar refractivity (Wildman–Crippen MR) is 79.9 cm³/mol. The van der Waals surface area contributed by atoms with E-state index in [0.29, 0.717) is 5.92 Å². The Kier molecular flexibility index (Phi) is 3.29. The summed E-state index contributed by atoms with van der Waals surface area (Å²) in [5.41, 5.74) is 2.71. The number of hydrogen-bond donors (Lipinski definition) is 0. The molecule has 0 bridgehead atoms. The Balaban J connectivity index is 2.10. The van der Waals surface area contributed by atoms with Crippen LogP contribution < -0.4 is 0 Å². The van der Waals surface area contributed by atoms with Crippen LogP contribution in [0.1, 0.15) is 25.5 Å². The Hall–Kier alpha value is -2.49. The van der Waals surface area contributed by atoms with E-state index in [9.17, 15) is 0 Å². The molecule has 0 fully saturated rings. The van der Waals surface area contributed by atoms with Gasteiger partial charge in [0, 0.05) is 6.20 Å². The molecule has 3 rings (SSSR count). The number of rotatable bonds is 3. The zero-order valence-corrected chi connectivity index (χ0v) is 11.6. The highest BCUT2D eigenvalue weighted by Crippen LogP contribution is 2.29. The smallest absolute Gasteiger partial charge is 0.183 e. The summed E-state index contributed by atoms with van der Waals surface area (Å²) in [5, 5.41) is 8.72. The summed E-state index contributed by atoms with van der Waals surface area (Å²) < 4.78 is 1.97. The normalized spacial score (nSPS) is 11.8. The highest BCUT2D eigenvalue weighted by molar-refractivity contribution is 5.53. The van der Waals surface area contributed by atoms with Crippen LogP contribution in [0.15, 0.2) is 65.0 Å². The Morgan fingerprint density at radius 3 is 2.45 bits per heavy atom. The zero-order chi connectivity index (χ0) is 13.9. The molecule has 2 aromatic heterocycles. The Labute approximate surface area is 117 Å². The van der Waals surface area contributed by atoms with Gasteiger partial charge in [-0.1, -0.05) is 38.1 Å². The first-order valence-corrected chi connectivity index (χ1v) is 6.69. The molecule has 2 heterocycles. The van der Waals surface area contributed by atoms with E-state index >= 15 is 0 Å². The van der Waals surface area contributed by atoms with E-state index in [4.69, 9.17) is 0 Å². The molecule has 0 aliphatic rings. The molecule has 4 nitrogen and oxygen atoms in total. The maximum absolute atomic E-state index is 4.63. The summed E-state index contributed by atoms with van der Waals surface area (Å²) >= 11 is 0. The lowest BCUT2D eigenvalue weighted by Crippen LogP contribution is -1.87. The molecule has 0 atom stereocenters. The summed E-state index contributed by atoms with van der Waals surface area (Å²) in [7, 11) is 0. The van der Waals surface area contributed by atoms with Crippen LogP contribution in [0.2, 0.25) is 0 Å². The van der Waals surface area contributed by atoms with Crippen molar-refractivity contribution in [2.45, 2.75) is 19.8 Å². The van der Waals surface area contributed by atoms with Crippen molar-refractivity contribution in [2.75, 3.05) is 0 Å². The van der Waals surface area contributed by atoms with Crippen molar-refractivity contribution in [3.63, 3.8) is 0 Å². The SMILES string of the molecule is CC(C)c1nc2ccccn2c1N=Nc1ccccc1. The largest absolute Gasteiger partial charge is 0.283 e. The van der Waals surface area contributed by atoms with Gasteiger partial charge in [-0.05, 0) is 30.2 Å². The fraction of sp³-hybridized carbons (Fsp3) is 0.188. The van der Waals surface area contributed by atoms with Crippen LogP contribution in [0.25, 0.3) is 5.65 Å². The Morgan fingerprint density at radius 1 is 0.950 bits per heavy atom. The molecule has 20 heavy (non-hydrogen) atoms. The van der Waals surface area contributed by atoms with E-state index in [2.05, 4.69) is 29.1 Å². The lowest BCUT2D eigenvalue weighted by atomic mass is 10.1. The van der Waals surface area contributed by atoms with Crippen molar-refractivity contribution in [2.24, 2.45) is 10.2 Å². The molecular formula is C16H16N4. The van der Waals surface area contributed by atoms with Crippen LogP contribution >= 0.6 is 0 Å². The minimum atomic E-state index is 0.305. The monoisotopic (exact) mass is 264 g/mol. The maximum Gasteiger partial charge on any atom is 0.183 e. The fourth-order valence-electron chi connectivity index (χ4n) is 2.09. The highest BCUT2D eigenvalue weighted by Gasteiger charge is 2.14. The molecule has 4 heteroatoms. The average molecular weight is 264 g/mol. The third kappa shape index (κ3) is 2.32. The number of nitrogens with zero attached hydrogens (tertiary/aromatic N) is 4. The van der Waals surface area contributed by atoms with Gasteiger partial charge in [-0.3, -0.25) is 4.40 Å². The van der Waals surface area contributed by atoms with Crippen LogP contribution in [-0.2, 0) is 0 Å². The van der Waals surface area contributed by atoms with Crippen molar-refractivity contribution in [1.82, 2.24) is 9.38 Å². The standard InChI is InChI=1S/C16H16N4/c1-12(2)15-16(19-18-13-8-4-3-5-9-13)20-11-7-6-10-14(20)17-15/h3-12H,1-2H3. The van der Waals surface area contributed by atoms with Crippen LogP contribution in [0.5, 0.6) is 0 Å². The molecule has 1 aromatic carbocycles. The first-order valence-electron chi connectivity index (χ1n) is 6.69. The molecule has 0 aliphatic heterocycles. The summed E-state index contributed by atoms with van der Waals surface area (Å²) in [6.45, 7) is 4.23. The lowest BCUT2D eigenvalue weighted by Gasteiger charge is -2.01. The van der Waals surface area contributed by atoms with Crippen LogP contribution in [0.3, 0.4) is 0 Å². The number of fused-ring (bicyclic) bond motifs is 1. The fourth-order valence-corrected chi connectivity index (χ4v) is 2.09. The maximum atomic E-state index is 4.63. The molecule has 100 valence electrons. The molecule has 0 N–H and O–H groups in total. The van der Waals surface area contributed by atoms with E-state index in [1.807, 2.05) is 59.1 Å². The van der Waals surface area contributed by atoms with Gasteiger partial charge in [0.25, 0.3) is 0 Å². The van der Waals surface area contributed by atoms with Crippen molar-refractivity contribution < 1.29 is 0 Å². The van der Waals surface area contributed by atoms with E-state index in [1.54, 1.807) is 0 Å². The van der Waals surface area contributed by atoms with Gasteiger partial charge in [0.05, 0.1) is 11.4 Å². The summed E-state index contributed by atoms with van der Waals surface area (Å²) in [5.74, 6) is 1.11. The minimum absolute atomic E-state index is 0.305. The Morgan fingerprint density at radius 2 is 1.70 bits per heavy atom.